The summed E-state index contributed by atoms with van der Waals surface area (Å²) in [7, 11) is 1.61. The van der Waals surface area contributed by atoms with E-state index in [1.807, 2.05) is 24.3 Å². The van der Waals surface area contributed by atoms with E-state index >= 15 is 0 Å². The molecule has 126 valence electrons. The number of rotatable bonds is 6. The Balaban J connectivity index is 1.45. The number of nitrogens with one attached hydrogen (secondary N) is 1. The number of hydrogen-bond acceptors (Lipinski definition) is 7. The SMILES string of the molecule is COc1ccc(CNC(=O)CON=C2CCCc3nonc32)cc1. The minimum absolute atomic E-state index is 0.153. The van der Waals surface area contributed by atoms with Gasteiger partial charge in [-0.1, -0.05) is 22.4 Å². The van der Waals surface area contributed by atoms with Gasteiger partial charge in [-0.05, 0) is 42.1 Å². The number of carbonyl (C=O) groups is 1. The summed E-state index contributed by atoms with van der Waals surface area (Å²) in [5.74, 6) is 0.530. The second-order valence-corrected chi connectivity index (χ2v) is 5.35. The van der Waals surface area contributed by atoms with E-state index in [9.17, 15) is 4.79 Å². The molecular formula is C16H18N4O4. The van der Waals surface area contributed by atoms with Crippen LogP contribution in [0, 0.1) is 0 Å². The second-order valence-electron chi connectivity index (χ2n) is 5.35. The van der Waals surface area contributed by atoms with Crippen LogP contribution in [0.5, 0.6) is 5.75 Å². The fourth-order valence-corrected chi connectivity index (χ4v) is 2.38. The van der Waals surface area contributed by atoms with Crippen molar-refractivity contribution in [3.8, 4) is 5.75 Å². The molecule has 0 saturated heterocycles. The number of aryl methyl sites for hydroxylation is 1. The maximum Gasteiger partial charge on any atom is 0.261 e. The Bertz CT molecular complexity index is 724. The number of fused-ring (bicyclic) bond motifs is 1. The van der Waals surface area contributed by atoms with Gasteiger partial charge in [0, 0.05) is 6.54 Å². The summed E-state index contributed by atoms with van der Waals surface area (Å²) in [4.78, 5) is 16.9. The third kappa shape index (κ3) is 3.89. The maximum atomic E-state index is 11.8. The number of amides is 1. The van der Waals surface area contributed by atoms with Gasteiger partial charge in [-0.2, -0.15) is 0 Å². The van der Waals surface area contributed by atoms with Gasteiger partial charge in [0.15, 0.2) is 12.3 Å². The zero-order chi connectivity index (χ0) is 16.8. The van der Waals surface area contributed by atoms with E-state index in [1.165, 1.54) is 0 Å². The number of benzene rings is 1. The number of carbonyl (C=O) groups excluding carboxylic acids is 1. The standard InChI is InChI=1S/C16H18N4O4/c1-22-12-7-5-11(6-8-12)9-17-15(21)10-23-18-13-3-2-4-14-16(13)20-24-19-14/h5-8H,2-4,9-10H2,1H3,(H,17,21). The molecule has 24 heavy (non-hydrogen) atoms. The molecule has 1 aromatic carbocycles. The summed E-state index contributed by atoms with van der Waals surface area (Å²) < 4.78 is 9.79. The highest BCUT2D eigenvalue weighted by atomic mass is 16.6. The molecule has 1 N–H and O–H groups in total. The lowest BCUT2D eigenvalue weighted by molar-refractivity contribution is -0.125. The average molecular weight is 330 g/mol. The molecule has 0 bridgehead atoms. The molecule has 8 nitrogen and oxygen atoms in total. The van der Waals surface area contributed by atoms with Gasteiger partial charge < -0.3 is 14.9 Å². The molecule has 1 aromatic heterocycles. The highest BCUT2D eigenvalue weighted by Crippen LogP contribution is 2.18. The van der Waals surface area contributed by atoms with Crippen molar-refractivity contribution in [2.75, 3.05) is 13.7 Å². The Hall–Kier alpha value is -2.90. The Morgan fingerprint density at radius 1 is 1.29 bits per heavy atom. The van der Waals surface area contributed by atoms with E-state index in [0.717, 1.165) is 36.3 Å². The third-order valence-electron chi connectivity index (χ3n) is 3.68. The molecule has 0 unspecified atom stereocenters. The van der Waals surface area contributed by atoms with E-state index in [4.69, 9.17) is 14.2 Å². The molecule has 1 heterocycles. The van der Waals surface area contributed by atoms with Gasteiger partial charge in [0.2, 0.25) is 0 Å². The highest BCUT2D eigenvalue weighted by Gasteiger charge is 2.21. The first-order chi connectivity index (χ1) is 11.8. The summed E-state index contributed by atoms with van der Waals surface area (Å²) >= 11 is 0. The predicted molar refractivity (Wildman–Crippen MR) is 84.6 cm³/mol. The molecule has 1 aliphatic carbocycles. The molecule has 3 rings (SSSR count). The van der Waals surface area contributed by atoms with E-state index in [2.05, 4.69) is 20.8 Å². The molecule has 0 aliphatic heterocycles. The molecule has 0 atom stereocenters. The molecule has 1 amide bonds. The number of hydrogen-bond donors (Lipinski definition) is 1. The van der Waals surface area contributed by atoms with Crippen LogP contribution in [-0.2, 0) is 22.6 Å². The smallest absolute Gasteiger partial charge is 0.261 e. The number of ether oxygens (including phenoxy) is 1. The van der Waals surface area contributed by atoms with Crippen molar-refractivity contribution >= 4 is 11.6 Å². The monoisotopic (exact) mass is 330 g/mol. The molecule has 0 radical (unpaired) electrons. The lowest BCUT2D eigenvalue weighted by Gasteiger charge is -2.09. The lowest BCUT2D eigenvalue weighted by atomic mass is 9.99. The van der Waals surface area contributed by atoms with Crippen molar-refractivity contribution in [2.24, 2.45) is 5.16 Å². The van der Waals surface area contributed by atoms with Gasteiger partial charge in [0.05, 0.1) is 7.11 Å². The minimum atomic E-state index is -0.246. The Morgan fingerprint density at radius 3 is 2.92 bits per heavy atom. The van der Waals surface area contributed by atoms with Crippen LogP contribution in [-0.4, -0.2) is 35.6 Å². The number of oxime groups is 1. The van der Waals surface area contributed by atoms with Gasteiger partial charge in [-0.3, -0.25) is 4.79 Å². The topological polar surface area (TPSA) is 98.8 Å². The lowest BCUT2D eigenvalue weighted by Crippen LogP contribution is -2.26. The maximum absolute atomic E-state index is 11.8. The Kier molecular flexibility index (Phi) is 5.05. The fourth-order valence-electron chi connectivity index (χ4n) is 2.38. The van der Waals surface area contributed by atoms with Crippen LogP contribution in [0.25, 0.3) is 0 Å². The van der Waals surface area contributed by atoms with Crippen LogP contribution >= 0.6 is 0 Å². The van der Waals surface area contributed by atoms with Gasteiger partial charge >= 0.3 is 0 Å². The summed E-state index contributed by atoms with van der Waals surface area (Å²) in [6.45, 7) is 0.264. The van der Waals surface area contributed by atoms with Gasteiger partial charge in [-0.25, -0.2) is 4.63 Å². The molecular weight excluding hydrogens is 312 g/mol. The summed E-state index contributed by atoms with van der Waals surface area (Å²) in [5, 5.41) is 14.4. The summed E-state index contributed by atoms with van der Waals surface area (Å²) in [6, 6.07) is 7.47. The average Bonchev–Trinajstić information content (AvgIpc) is 3.10. The van der Waals surface area contributed by atoms with Crippen molar-refractivity contribution in [1.82, 2.24) is 15.6 Å². The van der Waals surface area contributed by atoms with E-state index in [1.54, 1.807) is 7.11 Å². The molecule has 0 saturated carbocycles. The number of methoxy groups -OCH3 is 1. The van der Waals surface area contributed by atoms with E-state index in [-0.39, 0.29) is 12.5 Å². The number of nitrogens with zero attached hydrogens (tertiary/aromatic N) is 3. The van der Waals surface area contributed by atoms with Gasteiger partial charge in [-0.15, -0.1) is 0 Å². The zero-order valence-corrected chi connectivity index (χ0v) is 13.3. The van der Waals surface area contributed by atoms with E-state index in [0.29, 0.717) is 18.0 Å². The molecule has 0 fully saturated rings. The van der Waals surface area contributed by atoms with Crippen LogP contribution in [0.15, 0.2) is 34.1 Å². The van der Waals surface area contributed by atoms with Crippen LogP contribution < -0.4 is 10.1 Å². The van der Waals surface area contributed by atoms with Crippen molar-refractivity contribution in [1.29, 1.82) is 0 Å². The van der Waals surface area contributed by atoms with Crippen molar-refractivity contribution in [3.05, 3.63) is 41.2 Å². The zero-order valence-electron chi connectivity index (χ0n) is 13.3. The van der Waals surface area contributed by atoms with Crippen LogP contribution in [0.2, 0.25) is 0 Å². The first-order valence-electron chi connectivity index (χ1n) is 7.66. The van der Waals surface area contributed by atoms with E-state index < -0.39 is 0 Å². The van der Waals surface area contributed by atoms with Gasteiger partial charge in [0.25, 0.3) is 5.91 Å². The fraction of sp³-hybridized carbons (Fsp3) is 0.375. The normalized spacial score (nSPS) is 15.0. The van der Waals surface area contributed by atoms with Crippen LogP contribution in [0.4, 0.5) is 0 Å². The second kappa shape index (κ2) is 7.58. The first kappa shape index (κ1) is 16.0. The molecule has 1 aliphatic rings. The van der Waals surface area contributed by atoms with Gasteiger partial charge in [0.1, 0.15) is 17.2 Å². The highest BCUT2D eigenvalue weighted by molar-refractivity contribution is 6.00. The largest absolute Gasteiger partial charge is 0.497 e. The first-order valence-corrected chi connectivity index (χ1v) is 7.66. The predicted octanol–water partition coefficient (Wildman–Crippen LogP) is 1.45. The Morgan fingerprint density at radius 2 is 2.12 bits per heavy atom. The molecule has 8 heteroatoms. The molecule has 2 aromatic rings. The van der Waals surface area contributed by atoms with Crippen molar-refractivity contribution in [2.45, 2.75) is 25.8 Å². The van der Waals surface area contributed by atoms with Crippen molar-refractivity contribution in [3.63, 3.8) is 0 Å². The quantitative estimate of drug-likeness (QED) is 0.805. The summed E-state index contributed by atoms with van der Waals surface area (Å²) in [5.41, 5.74) is 3.05. The summed E-state index contributed by atoms with van der Waals surface area (Å²) in [6.07, 6.45) is 2.46. The third-order valence-corrected chi connectivity index (χ3v) is 3.68. The van der Waals surface area contributed by atoms with Crippen molar-refractivity contribution < 1.29 is 19.0 Å². The Labute approximate surface area is 138 Å². The minimum Gasteiger partial charge on any atom is -0.497 e. The number of aromatic nitrogens is 2. The molecule has 0 spiro atoms. The van der Waals surface area contributed by atoms with Crippen LogP contribution in [0.3, 0.4) is 0 Å². The van der Waals surface area contributed by atoms with Crippen LogP contribution in [0.1, 0.15) is 29.8 Å².